The summed E-state index contributed by atoms with van der Waals surface area (Å²) in [5, 5.41) is 7.28. The van der Waals surface area contributed by atoms with Crippen molar-refractivity contribution in [2.45, 2.75) is 13.8 Å². The van der Waals surface area contributed by atoms with Gasteiger partial charge in [-0.1, -0.05) is 84.9 Å². The fourth-order valence-electron chi connectivity index (χ4n) is 10.3. The number of hydrogen-bond donors (Lipinski definition) is 0. The summed E-state index contributed by atoms with van der Waals surface area (Å²) in [4.78, 5) is 6.42. The van der Waals surface area contributed by atoms with E-state index in [9.17, 15) is 0 Å². The first-order valence-corrected chi connectivity index (χ1v) is 21.9. The lowest BCUT2D eigenvalue weighted by Crippen LogP contribution is -1.99. The molecule has 0 amide bonds. The van der Waals surface area contributed by atoms with Gasteiger partial charge < -0.3 is 8.98 Å². The van der Waals surface area contributed by atoms with Crippen molar-refractivity contribution in [3.05, 3.63) is 187 Å². The summed E-state index contributed by atoms with van der Waals surface area (Å²) in [5.74, 6) is 0.904. The van der Waals surface area contributed by atoms with Gasteiger partial charge >= 0.3 is 0 Å². The highest BCUT2D eigenvalue weighted by atomic mass is 32.1. The Morgan fingerprint density at radius 1 is 0.452 bits per heavy atom. The lowest BCUT2D eigenvalue weighted by Gasteiger charge is -2.14. The van der Waals surface area contributed by atoms with Crippen molar-refractivity contribution in [1.82, 2.24) is 23.1 Å². The summed E-state index contributed by atoms with van der Waals surface area (Å²) in [5.41, 5.74) is 16.6. The first kappa shape index (κ1) is 33.9. The molecule has 0 N–H and O–H groups in total. The fourth-order valence-corrected chi connectivity index (χ4v) is 11.6. The van der Waals surface area contributed by atoms with E-state index in [0.29, 0.717) is 0 Å². The molecule has 0 atom stereocenters. The minimum Gasteiger partial charge on any atom is -0.439 e. The minimum absolute atomic E-state index is 0.872. The van der Waals surface area contributed by atoms with Crippen LogP contribution in [0.4, 0.5) is 0 Å². The largest absolute Gasteiger partial charge is 0.439 e. The molecule has 0 saturated heterocycles. The van der Waals surface area contributed by atoms with Crippen molar-refractivity contribution >= 4 is 103 Å². The third kappa shape index (κ3) is 4.49. The Morgan fingerprint density at radius 2 is 1.06 bits per heavy atom. The number of imidazole rings is 2. The molecule has 0 radical (unpaired) electrons. The Kier molecular flexibility index (Phi) is 6.75. The molecule has 0 spiro atoms. The topological polar surface area (TPSA) is 45.2 Å². The highest BCUT2D eigenvalue weighted by Crippen LogP contribution is 2.47. The lowest BCUT2D eigenvalue weighted by molar-refractivity contribution is 0.645. The number of hydrogen-bond acceptors (Lipinski definition) is 3. The molecule has 6 aromatic heterocycles. The van der Waals surface area contributed by atoms with Gasteiger partial charge in [0.05, 0.1) is 44.2 Å². The van der Waals surface area contributed by atoms with Crippen molar-refractivity contribution in [2.24, 2.45) is 0 Å². The van der Waals surface area contributed by atoms with E-state index in [2.05, 4.69) is 202 Å². The maximum Gasteiger partial charge on any atom is 0.220 e. The summed E-state index contributed by atoms with van der Waals surface area (Å²) in [7, 11) is 0. The van der Waals surface area contributed by atoms with Gasteiger partial charge in [0.15, 0.2) is 0 Å². The lowest BCUT2D eigenvalue weighted by atomic mass is 9.93. The summed E-state index contributed by atoms with van der Waals surface area (Å²) >= 11 is 1.86. The second-order valence-electron chi connectivity index (χ2n) is 16.5. The molecule has 6 heterocycles. The number of rotatable bonds is 4. The summed E-state index contributed by atoms with van der Waals surface area (Å²) < 4.78 is 17.3. The number of thiophene rings is 1. The average Bonchev–Trinajstić information content (AvgIpc) is 4.14. The number of aryl methyl sites for hydroxylation is 2. The van der Waals surface area contributed by atoms with Crippen LogP contribution in [0.3, 0.4) is 0 Å². The Morgan fingerprint density at radius 3 is 1.87 bits per heavy atom. The monoisotopic (exact) mass is 813 g/mol. The normalized spacial score (nSPS) is 12.4. The van der Waals surface area contributed by atoms with Crippen molar-refractivity contribution in [3.63, 3.8) is 0 Å². The molecule has 6 nitrogen and oxygen atoms in total. The molecule has 0 aliphatic carbocycles. The number of para-hydroxylation sites is 6. The molecule has 0 fully saturated rings. The molecule has 62 heavy (non-hydrogen) atoms. The highest BCUT2D eigenvalue weighted by molar-refractivity contribution is 7.25. The van der Waals surface area contributed by atoms with Gasteiger partial charge in [-0.2, -0.15) is 0 Å². The average molecular weight is 814 g/mol. The number of benzene rings is 8. The van der Waals surface area contributed by atoms with Gasteiger partial charge in [0, 0.05) is 43.0 Å². The Balaban J connectivity index is 1.02. The summed E-state index contributed by atoms with van der Waals surface area (Å²) in [6.45, 7) is 4.51. The van der Waals surface area contributed by atoms with Crippen LogP contribution in [0.5, 0.6) is 0 Å². The zero-order valence-electron chi connectivity index (χ0n) is 33.8. The third-order valence-electron chi connectivity index (χ3n) is 13.0. The van der Waals surface area contributed by atoms with Gasteiger partial charge in [-0.3, -0.25) is 13.5 Å². The Hall–Kier alpha value is -7.87. The molecule has 14 aromatic rings. The van der Waals surface area contributed by atoms with Gasteiger partial charge in [-0.15, -0.1) is 11.3 Å². The van der Waals surface area contributed by atoms with Gasteiger partial charge in [0.25, 0.3) is 0 Å². The number of aromatic nitrogens is 5. The van der Waals surface area contributed by atoms with Crippen LogP contribution in [0.25, 0.3) is 120 Å². The second kappa shape index (κ2) is 12.3. The molecular formula is C55H35N5OS. The fraction of sp³-hybridized carbons (Fsp3) is 0.0364. The number of furan rings is 1. The highest BCUT2D eigenvalue weighted by Gasteiger charge is 2.24. The molecule has 0 aliphatic heterocycles. The molecule has 0 bridgehead atoms. The quantitative estimate of drug-likeness (QED) is 0.178. The number of nitrogens with zero attached hydrogens (tertiary/aromatic N) is 5. The van der Waals surface area contributed by atoms with Crippen molar-refractivity contribution in [1.29, 1.82) is 0 Å². The van der Waals surface area contributed by atoms with E-state index in [-0.39, 0.29) is 0 Å². The van der Waals surface area contributed by atoms with E-state index in [4.69, 9.17) is 9.40 Å². The van der Waals surface area contributed by atoms with Crippen molar-refractivity contribution in [3.8, 4) is 28.2 Å². The van der Waals surface area contributed by atoms with Crippen LogP contribution < -0.4 is 0 Å². The first-order valence-electron chi connectivity index (χ1n) is 21.0. The second-order valence-corrected chi connectivity index (χ2v) is 17.5. The maximum absolute atomic E-state index is 6.66. The predicted molar refractivity (Wildman–Crippen MR) is 258 cm³/mol. The smallest absolute Gasteiger partial charge is 0.220 e. The molecule has 0 aliphatic rings. The van der Waals surface area contributed by atoms with Crippen molar-refractivity contribution < 1.29 is 4.42 Å². The van der Waals surface area contributed by atoms with Gasteiger partial charge in [-0.25, -0.2) is 4.98 Å². The van der Waals surface area contributed by atoms with Crippen LogP contribution in [0, 0.1) is 13.8 Å². The van der Waals surface area contributed by atoms with E-state index in [1.54, 1.807) is 0 Å². The predicted octanol–water partition coefficient (Wildman–Crippen LogP) is 14.9. The maximum atomic E-state index is 6.66. The van der Waals surface area contributed by atoms with Crippen LogP contribution in [0.15, 0.2) is 180 Å². The van der Waals surface area contributed by atoms with E-state index >= 15 is 0 Å². The zero-order chi connectivity index (χ0) is 40.8. The Labute approximate surface area is 358 Å². The minimum atomic E-state index is 0.872. The van der Waals surface area contributed by atoms with Gasteiger partial charge in [0.1, 0.15) is 10.4 Å². The standard InChI is InChI=1S/C55H35N5OS/c1-32-27-47-41(51-37-19-6-12-25-49(37)61-53(51)57(47)34-15-4-3-5-16-34)30-39(32)40-31-42-48(28-33(40)2)58(54-52(42)38-20-7-13-26-50(38)62-54)35-17-14-18-36(29-35)59-45-23-10-11-24-46(45)60-44-22-9-8-21-43(44)56-55(59)60/h3-31H,1-2H3. The molecular weight excluding hydrogens is 779 g/mol. The van der Waals surface area contributed by atoms with Gasteiger partial charge in [0.2, 0.25) is 11.5 Å². The molecule has 7 heteroatoms. The van der Waals surface area contributed by atoms with E-state index in [1.807, 2.05) is 17.4 Å². The van der Waals surface area contributed by atoms with Crippen LogP contribution in [0.1, 0.15) is 11.1 Å². The third-order valence-corrected chi connectivity index (χ3v) is 14.2. The molecule has 8 aromatic carbocycles. The van der Waals surface area contributed by atoms with Crippen molar-refractivity contribution in [2.75, 3.05) is 0 Å². The Bertz CT molecular complexity index is 4190. The summed E-state index contributed by atoms with van der Waals surface area (Å²) in [6.07, 6.45) is 0. The molecule has 292 valence electrons. The molecule has 0 saturated carbocycles. The van der Waals surface area contributed by atoms with E-state index in [0.717, 1.165) is 72.5 Å². The van der Waals surface area contributed by atoms with E-state index < -0.39 is 0 Å². The first-order chi connectivity index (χ1) is 30.6. The number of fused-ring (bicyclic) bond motifs is 15. The van der Waals surface area contributed by atoms with Gasteiger partial charge in [-0.05, 0) is 127 Å². The zero-order valence-corrected chi connectivity index (χ0v) is 34.6. The van der Waals surface area contributed by atoms with Crippen LogP contribution in [0.2, 0.25) is 0 Å². The van der Waals surface area contributed by atoms with E-state index in [1.165, 1.54) is 58.8 Å². The molecule has 0 unspecified atom stereocenters. The summed E-state index contributed by atoms with van der Waals surface area (Å²) in [6, 6.07) is 63.4. The van der Waals surface area contributed by atoms with Crippen LogP contribution in [-0.2, 0) is 0 Å². The SMILES string of the molecule is Cc1cc2c(cc1-c1cc3c4c5ccccc5sc4n(-c4cccc(-n5c6ccccc6n6c7ccccc7nc56)c4)c3cc1C)c1c3ccccc3oc1n2-c1ccccc1. The van der Waals surface area contributed by atoms with Crippen LogP contribution >= 0.6 is 11.3 Å². The van der Waals surface area contributed by atoms with Crippen LogP contribution in [-0.4, -0.2) is 23.1 Å². The molecule has 14 rings (SSSR count).